The van der Waals surface area contributed by atoms with Crippen LogP contribution in [-0.2, 0) is 25.5 Å². The zero-order valence-electron chi connectivity index (χ0n) is 16.3. The maximum atomic E-state index is 12.5. The Morgan fingerprint density at radius 1 is 1.33 bits per heavy atom. The van der Waals surface area contributed by atoms with Crippen molar-refractivity contribution in [2.75, 3.05) is 13.2 Å². The van der Waals surface area contributed by atoms with Crippen LogP contribution in [0.1, 0.15) is 52.1 Å². The number of amides is 1. The van der Waals surface area contributed by atoms with Crippen LogP contribution in [0.2, 0.25) is 0 Å². The fraction of sp³-hybridized carbons (Fsp3) is 0.600. The maximum Gasteiger partial charge on any atom is 0.328 e. The van der Waals surface area contributed by atoms with Gasteiger partial charge < -0.3 is 14.8 Å². The Kier molecular flexibility index (Phi) is 6.93. The number of rotatable bonds is 8. The van der Waals surface area contributed by atoms with Crippen LogP contribution >= 0.6 is 0 Å². The van der Waals surface area contributed by atoms with Gasteiger partial charge in [-0.25, -0.2) is 4.79 Å². The molecule has 0 aliphatic carbocycles. The molecule has 1 saturated heterocycles. The largest absolute Gasteiger partial charge is 0.619 e. The van der Waals surface area contributed by atoms with Gasteiger partial charge in [-0.05, 0) is 25.7 Å². The van der Waals surface area contributed by atoms with Gasteiger partial charge in [-0.2, -0.15) is 4.73 Å². The molecule has 0 N–H and O–H groups in total. The third kappa shape index (κ3) is 5.05. The van der Waals surface area contributed by atoms with Gasteiger partial charge in [0.05, 0.1) is 6.61 Å². The van der Waals surface area contributed by atoms with E-state index in [0.29, 0.717) is 44.3 Å². The van der Waals surface area contributed by atoms with E-state index < -0.39 is 29.1 Å². The molecule has 7 nitrogen and oxygen atoms in total. The van der Waals surface area contributed by atoms with E-state index in [2.05, 4.69) is 0 Å². The number of ether oxygens (including phenoxy) is 1. The molecule has 0 radical (unpaired) electrons. The number of pyridine rings is 1. The molecule has 148 valence electrons. The normalized spacial score (nSPS) is 17.0. The molecule has 1 aromatic heterocycles. The highest BCUT2D eigenvalue weighted by Gasteiger charge is 2.41. The number of hydrogen-bond donors (Lipinski definition) is 0. The molecule has 0 spiro atoms. The van der Waals surface area contributed by atoms with Gasteiger partial charge in [0.25, 0.3) is 5.91 Å². The predicted octanol–water partition coefficient (Wildman–Crippen LogP) is 1.79. The highest BCUT2D eigenvalue weighted by Crippen LogP contribution is 2.26. The molecular formula is C20H28N2O5. The van der Waals surface area contributed by atoms with Gasteiger partial charge in [0, 0.05) is 30.5 Å². The van der Waals surface area contributed by atoms with Crippen molar-refractivity contribution < 1.29 is 23.9 Å². The molecule has 1 aliphatic heterocycles. The standard InChI is InChI=1S/C20H28N2O5/c1-4-20(2,3)17(23)18(24)21-12-7-11-16(21)19(25)27-14-8-10-15-9-5-6-13-22(15)26/h5-6,9,13,16H,4,7-8,10-12,14H2,1-3H3. The van der Waals surface area contributed by atoms with Crippen molar-refractivity contribution in [3.63, 3.8) is 0 Å². The zero-order valence-corrected chi connectivity index (χ0v) is 16.3. The lowest BCUT2D eigenvalue weighted by molar-refractivity contribution is -0.614. The second kappa shape index (κ2) is 8.97. The minimum atomic E-state index is -0.739. The molecule has 0 bridgehead atoms. The zero-order chi connectivity index (χ0) is 20.0. The molecule has 2 heterocycles. The maximum absolute atomic E-state index is 12.5. The Balaban J connectivity index is 1.87. The average molecular weight is 376 g/mol. The third-order valence-electron chi connectivity index (χ3n) is 5.20. The number of ketones is 1. The van der Waals surface area contributed by atoms with Crippen LogP contribution in [0.5, 0.6) is 0 Å². The molecule has 2 rings (SSSR count). The summed E-state index contributed by atoms with van der Waals surface area (Å²) in [5, 5.41) is 11.6. The van der Waals surface area contributed by atoms with Crippen molar-refractivity contribution in [1.82, 2.24) is 4.90 Å². The molecular weight excluding hydrogens is 348 g/mol. The van der Waals surface area contributed by atoms with E-state index in [4.69, 9.17) is 4.74 Å². The Bertz CT molecular complexity index is 701. The number of carbonyl (C=O) groups is 3. The summed E-state index contributed by atoms with van der Waals surface area (Å²) >= 11 is 0. The highest BCUT2D eigenvalue weighted by atomic mass is 16.5. The van der Waals surface area contributed by atoms with E-state index in [9.17, 15) is 19.6 Å². The summed E-state index contributed by atoms with van der Waals surface area (Å²) in [7, 11) is 0. The fourth-order valence-corrected chi connectivity index (χ4v) is 3.01. The summed E-state index contributed by atoms with van der Waals surface area (Å²) in [5.74, 6) is -1.54. The number of esters is 1. The molecule has 1 aliphatic rings. The van der Waals surface area contributed by atoms with Crippen molar-refractivity contribution in [3.8, 4) is 0 Å². The van der Waals surface area contributed by atoms with Crippen LogP contribution < -0.4 is 4.73 Å². The van der Waals surface area contributed by atoms with Crippen LogP contribution in [0.15, 0.2) is 24.4 Å². The summed E-state index contributed by atoms with van der Waals surface area (Å²) in [6.07, 6.45) is 4.17. The summed E-state index contributed by atoms with van der Waals surface area (Å²) in [6, 6.07) is 4.47. The van der Waals surface area contributed by atoms with E-state index in [1.54, 1.807) is 32.0 Å². The molecule has 1 unspecified atom stereocenters. The van der Waals surface area contributed by atoms with Crippen molar-refractivity contribution in [2.24, 2.45) is 5.41 Å². The first-order valence-electron chi connectivity index (χ1n) is 9.47. The number of aromatic nitrogens is 1. The first-order valence-corrected chi connectivity index (χ1v) is 9.47. The molecule has 1 fully saturated rings. The van der Waals surface area contributed by atoms with Crippen molar-refractivity contribution >= 4 is 17.7 Å². The first kappa shape index (κ1) is 20.9. The van der Waals surface area contributed by atoms with E-state index in [1.165, 1.54) is 11.1 Å². The Morgan fingerprint density at radius 3 is 2.74 bits per heavy atom. The summed E-state index contributed by atoms with van der Waals surface area (Å²) in [4.78, 5) is 38.7. The second-order valence-electron chi connectivity index (χ2n) is 7.51. The van der Waals surface area contributed by atoms with Gasteiger partial charge in [-0.1, -0.05) is 26.8 Å². The number of carbonyl (C=O) groups excluding carboxylic acids is 3. The Labute approximate surface area is 159 Å². The number of aryl methyl sites for hydroxylation is 1. The number of nitrogens with zero attached hydrogens (tertiary/aromatic N) is 2. The molecule has 27 heavy (non-hydrogen) atoms. The van der Waals surface area contributed by atoms with Gasteiger partial charge >= 0.3 is 5.97 Å². The van der Waals surface area contributed by atoms with Crippen molar-refractivity contribution in [1.29, 1.82) is 0 Å². The molecule has 1 amide bonds. The van der Waals surface area contributed by atoms with Crippen LogP contribution in [0, 0.1) is 10.6 Å². The molecule has 1 atom stereocenters. The molecule has 0 saturated carbocycles. The number of hydrogen-bond acceptors (Lipinski definition) is 5. The molecule has 1 aromatic rings. The number of likely N-dealkylation sites (tertiary alicyclic amines) is 1. The second-order valence-corrected chi connectivity index (χ2v) is 7.51. The minimum absolute atomic E-state index is 0.167. The predicted molar refractivity (Wildman–Crippen MR) is 98.5 cm³/mol. The summed E-state index contributed by atoms with van der Waals surface area (Å²) in [5.41, 5.74) is -0.129. The topological polar surface area (TPSA) is 90.6 Å². The monoisotopic (exact) mass is 376 g/mol. The van der Waals surface area contributed by atoms with E-state index in [-0.39, 0.29) is 6.61 Å². The Hall–Kier alpha value is -2.44. The number of Topliss-reactive ketones (excluding diaryl/α,β-unsaturated/α-hetero) is 1. The van der Waals surface area contributed by atoms with Crippen molar-refractivity contribution in [3.05, 3.63) is 35.3 Å². The minimum Gasteiger partial charge on any atom is -0.619 e. The van der Waals surface area contributed by atoms with E-state index in [1.807, 2.05) is 6.92 Å². The van der Waals surface area contributed by atoms with Crippen LogP contribution in [0.25, 0.3) is 0 Å². The summed E-state index contributed by atoms with van der Waals surface area (Å²) in [6.45, 7) is 5.90. The van der Waals surface area contributed by atoms with Crippen LogP contribution in [0.4, 0.5) is 0 Å². The SMILES string of the molecule is CCC(C)(C)C(=O)C(=O)N1CCCC1C(=O)OCCCc1cccc[n+]1[O-]. The van der Waals surface area contributed by atoms with Crippen LogP contribution in [-0.4, -0.2) is 41.8 Å². The smallest absolute Gasteiger partial charge is 0.328 e. The van der Waals surface area contributed by atoms with Gasteiger partial charge in [0.1, 0.15) is 6.04 Å². The van der Waals surface area contributed by atoms with Gasteiger partial charge in [0.15, 0.2) is 11.9 Å². The average Bonchev–Trinajstić information content (AvgIpc) is 3.15. The lowest BCUT2D eigenvalue weighted by Gasteiger charge is -2.27. The first-order chi connectivity index (χ1) is 12.8. The Morgan fingerprint density at radius 2 is 2.07 bits per heavy atom. The highest BCUT2D eigenvalue weighted by molar-refractivity contribution is 6.38. The summed E-state index contributed by atoms with van der Waals surface area (Å²) < 4.78 is 6.10. The molecule has 7 heteroatoms. The van der Waals surface area contributed by atoms with Gasteiger partial charge in [0.2, 0.25) is 5.78 Å². The van der Waals surface area contributed by atoms with E-state index >= 15 is 0 Å². The fourth-order valence-electron chi connectivity index (χ4n) is 3.01. The van der Waals surface area contributed by atoms with Gasteiger partial charge in [-0.3, -0.25) is 9.59 Å². The lowest BCUT2D eigenvalue weighted by Crippen LogP contribution is -2.48. The van der Waals surface area contributed by atoms with Crippen LogP contribution in [0.3, 0.4) is 0 Å². The van der Waals surface area contributed by atoms with Crippen molar-refractivity contribution in [2.45, 2.75) is 58.9 Å². The quantitative estimate of drug-likeness (QED) is 0.227. The third-order valence-corrected chi connectivity index (χ3v) is 5.20. The molecule has 0 aromatic carbocycles. The van der Waals surface area contributed by atoms with E-state index in [0.717, 1.165) is 4.73 Å². The lowest BCUT2D eigenvalue weighted by atomic mass is 9.84. The van der Waals surface area contributed by atoms with Gasteiger partial charge in [-0.15, -0.1) is 0 Å².